The molecule has 0 saturated heterocycles. The fraction of sp³-hybridized carbons (Fsp3) is 0.294. The zero-order valence-corrected chi connectivity index (χ0v) is 12.7. The van der Waals surface area contributed by atoms with Gasteiger partial charge in [0.05, 0.1) is 12.6 Å². The number of benzene rings is 2. The molecule has 2 rings (SSSR count). The van der Waals surface area contributed by atoms with Crippen LogP contribution in [0.1, 0.15) is 31.9 Å². The van der Waals surface area contributed by atoms with Crippen molar-refractivity contribution in [1.29, 1.82) is 0 Å². The van der Waals surface area contributed by atoms with Gasteiger partial charge in [-0.15, -0.1) is 0 Å². The Morgan fingerprint density at radius 1 is 1.10 bits per heavy atom. The topological polar surface area (TPSA) is 21.3 Å². The second kappa shape index (κ2) is 7.20. The Labute approximate surface area is 125 Å². The molecule has 0 amide bonds. The second-order valence-corrected chi connectivity index (χ2v) is 5.05. The normalized spacial score (nSPS) is 11.9. The van der Waals surface area contributed by atoms with Gasteiger partial charge in [-0.1, -0.05) is 30.7 Å². The average molecular weight is 290 g/mol. The Hall–Kier alpha value is -1.67. The fourth-order valence-corrected chi connectivity index (χ4v) is 2.36. The summed E-state index contributed by atoms with van der Waals surface area (Å²) >= 11 is 6.06. The van der Waals surface area contributed by atoms with Crippen LogP contribution in [0.5, 0.6) is 5.75 Å². The van der Waals surface area contributed by atoms with E-state index in [0.717, 1.165) is 22.9 Å². The first-order valence-electron chi connectivity index (χ1n) is 6.97. The first-order valence-corrected chi connectivity index (χ1v) is 7.35. The van der Waals surface area contributed by atoms with Crippen LogP contribution in [0.15, 0.2) is 48.5 Å². The zero-order chi connectivity index (χ0) is 14.4. The van der Waals surface area contributed by atoms with Crippen LogP contribution in [-0.4, -0.2) is 6.61 Å². The van der Waals surface area contributed by atoms with Crippen molar-refractivity contribution >= 4 is 17.3 Å². The SMILES string of the molecule is CCOc1ccc(NC(CC)c2cccc(Cl)c2)cc1. The minimum Gasteiger partial charge on any atom is -0.494 e. The van der Waals surface area contributed by atoms with Gasteiger partial charge in [0.25, 0.3) is 0 Å². The standard InChI is InChI=1S/C17H20ClNO/c1-3-17(13-6-5-7-14(18)12-13)19-15-8-10-16(11-9-15)20-4-2/h5-12,17,19H,3-4H2,1-2H3. The van der Waals surface area contributed by atoms with Gasteiger partial charge < -0.3 is 10.1 Å². The molecular formula is C17H20ClNO. The van der Waals surface area contributed by atoms with Crippen molar-refractivity contribution in [2.45, 2.75) is 26.3 Å². The van der Waals surface area contributed by atoms with Gasteiger partial charge in [-0.3, -0.25) is 0 Å². The average Bonchev–Trinajstić information content (AvgIpc) is 2.47. The molecule has 2 nitrogen and oxygen atoms in total. The van der Waals surface area contributed by atoms with Crippen molar-refractivity contribution in [1.82, 2.24) is 0 Å². The molecule has 0 radical (unpaired) electrons. The van der Waals surface area contributed by atoms with Crippen LogP contribution in [-0.2, 0) is 0 Å². The van der Waals surface area contributed by atoms with Gasteiger partial charge in [0.2, 0.25) is 0 Å². The number of hydrogen-bond donors (Lipinski definition) is 1. The largest absolute Gasteiger partial charge is 0.494 e. The summed E-state index contributed by atoms with van der Waals surface area (Å²) in [4.78, 5) is 0. The smallest absolute Gasteiger partial charge is 0.119 e. The number of nitrogens with one attached hydrogen (secondary N) is 1. The third kappa shape index (κ3) is 3.91. The molecule has 0 spiro atoms. The van der Waals surface area contributed by atoms with Crippen molar-refractivity contribution < 1.29 is 4.74 Å². The summed E-state index contributed by atoms with van der Waals surface area (Å²) in [6.07, 6.45) is 0.994. The first kappa shape index (κ1) is 14.7. The lowest BCUT2D eigenvalue weighted by Crippen LogP contribution is -2.09. The summed E-state index contributed by atoms with van der Waals surface area (Å²) < 4.78 is 5.45. The lowest BCUT2D eigenvalue weighted by Gasteiger charge is -2.19. The molecule has 0 heterocycles. The third-order valence-electron chi connectivity index (χ3n) is 3.17. The molecular weight excluding hydrogens is 270 g/mol. The van der Waals surface area contributed by atoms with E-state index in [1.807, 2.05) is 49.4 Å². The van der Waals surface area contributed by atoms with E-state index in [4.69, 9.17) is 16.3 Å². The van der Waals surface area contributed by atoms with Gasteiger partial charge in [0.15, 0.2) is 0 Å². The number of anilines is 1. The predicted molar refractivity (Wildman–Crippen MR) is 85.7 cm³/mol. The van der Waals surface area contributed by atoms with E-state index >= 15 is 0 Å². The summed E-state index contributed by atoms with van der Waals surface area (Å²) in [7, 11) is 0. The molecule has 0 bridgehead atoms. The van der Waals surface area contributed by atoms with E-state index in [0.29, 0.717) is 6.61 Å². The van der Waals surface area contributed by atoms with Crippen molar-refractivity contribution in [2.24, 2.45) is 0 Å². The van der Waals surface area contributed by atoms with Crippen LogP contribution in [0.25, 0.3) is 0 Å². The maximum Gasteiger partial charge on any atom is 0.119 e. The summed E-state index contributed by atoms with van der Waals surface area (Å²) in [6.45, 7) is 4.83. The highest BCUT2D eigenvalue weighted by atomic mass is 35.5. The minimum absolute atomic E-state index is 0.256. The summed E-state index contributed by atoms with van der Waals surface area (Å²) in [5.41, 5.74) is 2.29. The molecule has 1 atom stereocenters. The Bertz CT molecular complexity index is 539. The quantitative estimate of drug-likeness (QED) is 0.779. The number of hydrogen-bond acceptors (Lipinski definition) is 2. The third-order valence-corrected chi connectivity index (χ3v) is 3.40. The Morgan fingerprint density at radius 3 is 2.45 bits per heavy atom. The molecule has 0 aliphatic carbocycles. The number of halogens is 1. The van der Waals surface area contributed by atoms with E-state index in [1.165, 1.54) is 5.56 Å². The summed E-state index contributed by atoms with van der Waals surface area (Å²) in [5.74, 6) is 0.897. The molecule has 2 aromatic carbocycles. The Balaban J connectivity index is 2.09. The fourth-order valence-electron chi connectivity index (χ4n) is 2.16. The maximum atomic E-state index is 6.06. The van der Waals surface area contributed by atoms with Crippen LogP contribution >= 0.6 is 11.6 Å². The molecule has 1 unspecified atom stereocenters. The van der Waals surface area contributed by atoms with E-state index in [-0.39, 0.29) is 6.04 Å². The molecule has 106 valence electrons. The van der Waals surface area contributed by atoms with Crippen molar-refractivity contribution in [3.05, 3.63) is 59.1 Å². The molecule has 0 saturated carbocycles. The highest BCUT2D eigenvalue weighted by Crippen LogP contribution is 2.25. The minimum atomic E-state index is 0.256. The van der Waals surface area contributed by atoms with E-state index in [2.05, 4.69) is 18.3 Å². The molecule has 3 heteroatoms. The van der Waals surface area contributed by atoms with Crippen molar-refractivity contribution in [3.63, 3.8) is 0 Å². The monoisotopic (exact) mass is 289 g/mol. The summed E-state index contributed by atoms with van der Waals surface area (Å²) in [5, 5.41) is 4.30. The lowest BCUT2D eigenvalue weighted by atomic mass is 10.0. The van der Waals surface area contributed by atoms with Crippen LogP contribution in [0.2, 0.25) is 5.02 Å². The molecule has 0 aliphatic heterocycles. The zero-order valence-electron chi connectivity index (χ0n) is 11.9. The van der Waals surface area contributed by atoms with Gasteiger partial charge in [0.1, 0.15) is 5.75 Å². The van der Waals surface area contributed by atoms with Crippen LogP contribution in [0.4, 0.5) is 5.69 Å². The molecule has 2 aromatic rings. The molecule has 20 heavy (non-hydrogen) atoms. The van der Waals surface area contributed by atoms with Gasteiger partial charge in [-0.05, 0) is 55.3 Å². The molecule has 1 N–H and O–H groups in total. The lowest BCUT2D eigenvalue weighted by molar-refractivity contribution is 0.340. The highest BCUT2D eigenvalue weighted by Gasteiger charge is 2.09. The van der Waals surface area contributed by atoms with Crippen LogP contribution in [0.3, 0.4) is 0 Å². The second-order valence-electron chi connectivity index (χ2n) is 4.62. The molecule has 0 fully saturated rings. The van der Waals surface area contributed by atoms with E-state index in [9.17, 15) is 0 Å². The highest BCUT2D eigenvalue weighted by molar-refractivity contribution is 6.30. The Kier molecular flexibility index (Phi) is 5.31. The Morgan fingerprint density at radius 2 is 1.85 bits per heavy atom. The predicted octanol–water partition coefficient (Wildman–Crippen LogP) is 5.30. The van der Waals surface area contributed by atoms with Gasteiger partial charge in [0, 0.05) is 10.7 Å². The maximum absolute atomic E-state index is 6.06. The van der Waals surface area contributed by atoms with Gasteiger partial charge >= 0.3 is 0 Å². The summed E-state index contributed by atoms with van der Waals surface area (Å²) in [6, 6.07) is 16.3. The van der Waals surface area contributed by atoms with Crippen molar-refractivity contribution in [3.8, 4) is 5.75 Å². The number of rotatable bonds is 6. The number of ether oxygens (including phenoxy) is 1. The van der Waals surface area contributed by atoms with Crippen LogP contribution < -0.4 is 10.1 Å². The van der Waals surface area contributed by atoms with E-state index < -0.39 is 0 Å². The van der Waals surface area contributed by atoms with Gasteiger partial charge in [-0.25, -0.2) is 0 Å². The van der Waals surface area contributed by atoms with Gasteiger partial charge in [-0.2, -0.15) is 0 Å². The first-order chi connectivity index (χ1) is 9.72. The van der Waals surface area contributed by atoms with E-state index in [1.54, 1.807) is 0 Å². The molecule has 0 aromatic heterocycles. The van der Waals surface area contributed by atoms with Crippen LogP contribution in [0, 0.1) is 0 Å². The molecule has 0 aliphatic rings. The van der Waals surface area contributed by atoms with Crippen molar-refractivity contribution in [2.75, 3.05) is 11.9 Å².